The quantitative estimate of drug-likeness (QED) is 0.128. The maximum Gasteiger partial charge on any atom is 0.172 e. The minimum Gasteiger partial charge on any atom is -0.490 e. The lowest BCUT2D eigenvalue weighted by molar-refractivity contribution is 0.291. The molecular weight excluding hydrogens is 454 g/mol. The molecule has 0 unspecified atom stereocenters. The summed E-state index contributed by atoms with van der Waals surface area (Å²) in [6, 6.07) is 10.3. The number of rotatable bonds is 18. The third-order valence-corrected chi connectivity index (χ3v) is 7.01. The zero-order valence-corrected chi connectivity index (χ0v) is 22.4. The summed E-state index contributed by atoms with van der Waals surface area (Å²) < 4.78 is 41.9. The molecule has 0 N–H and O–H groups in total. The van der Waals surface area contributed by atoms with Crippen molar-refractivity contribution in [1.82, 2.24) is 0 Å². The SMILES string of the molecule is CCCCCCCCCOc1ccc2c(ccc3c(F)c(OCCCCCCCCC)ccc32)c1F. The summed E-state index contributed by atoms with van der Waals surface area (Å²) in [6.45, 7) is 5.46. The summed E-state index contributed by atoms with van der Waals surface area (Å²) in [6.07, 6.45) is 16.6. The van der Waals surface area contributed by atoms with Gasteiger partial charge in [0, 0.05) is 10.8 Å². The van der Waals surface area contributed by atoms with Crippen LogP contribution in [0.1, 0.15) is 104 Å². The second-order valence-corrected chi connectivity index (χ2v) is 9.95. The van der Waals surface area contributed by atoms with Gasteiger partial charge in [0.2, 0.25) is 0 Å². The van der Waals surface area contributed by atoms with Crippen molar-refractivity contribution < 1.29 is 18.3 Å². The molecule has 0 saturated carbocycles. The zero-order chi connectivity index (χ0) is 25.6. The number of fused-ring (bicyclic) bond motifs is 3. The molecule has 3 aromatic carbocycles. The third-order valence-electron chi connectivity index (χ3n) is 7.01. The van der Waals surface area contributed by atoms with Gasteiger partial charge in [-0.05, 0) is 47.9 Å². The van der Waals surface area contributed by atoms with E-state index in [9.17, 15) is 0 Å². The third kappa shape index (κ3) is 8.08. The molecule has 0 aliphatic carbocycles. The van der Waals surface area contributed by atoms with Crippen molar-refractivity contribution in [3.05, 3.63) is 48.0 Å². The first-order valence-corrected chi connectivity index (χ1v) is 14.3. The van der Waals surface area contributed by atoms with E-state index in [0.29, 0.717) is 34.8 Å². The van der Waals surface area contributed by atoms with Gasteiger partial charge in [-0.2, -0.15) is 0 Å². The number of unbranched alkanes of at least 4 members (excludes halogenated alkanes) is 12. The predicted octanol–water partition coefficient (Wildman–Crippen LogP) is 10.5. The standard InChI is InChI=1S/C32H44F2O2/c1-3-5-7-9-11-13-15-23-35-29-21-19-25-26-20-22-30(36-24-16-14-12-10-8-6-4-2)32(34)28(26)18-17-27(25)31(29)33/h17-22H,3-16,23-24H2,1-2H3. The van der Waals surface area contributed by atoms with Crippen molar-refractivity contribution >= 4 is 21.5 Å². The van der Waals surface area contributed by atoms with E-state index in [1.54, 1.807) is 24.3 Å². The Hall–Kier alpha value is -2.36. The number of hydrogen-bond acceptors (Lipinski definition) is 2. The molecule has 3 aromatic rings. The first-order valence-electron chi connectivity index (χ1n) is 14.3. The molecule has 0 radical (unpaired) electrons. The normalized spacial score (nSPS) is 11.4. The summed E-state index contributed by atoms with van der Waals surface area (Å²) >= 11 is 0. The summed E-state index contributed by atoms with van der Waals surface area (Å²) in [5.41, 5.74) is 0. The van der Waals surface area contributed by atoms with Crippen LogP contribution in [0.2, 0.25) is 0 Å². The summed E-state index contributed by atoms with van der Waals surface area (Å²) in [5.74, 6) is -0.222. The highest BCUT2D eigenvalue weighted by molar-refractivity contribution is 6.08. The Morgan fingerprint density at radius 3 is 1.17 bits per heavy atom. The second kappa shape index (κ2) is 15.7. The molecule has 0 saturated heterocycles. The highest BCUT2D eigenvalue weighted by Crippen LogP contribution is 2.35. The van der Waals surface area contributed by atoms with Crippen molar-refractivity contribution in [1.29, 1.82) is 0 Å². The minimum atomic E-state index is -0.378. The van der Waals surface area contributed by atoms with Crippen molar-refractivity contribution in [3.8, 4) is 11.5 Å². The van der Waals surface area contributed by atoms with Crippen LogP contribution in [-0.2, 0) is 0 Å². The molecule has 0 aromatic heterocycles. The molecule has 2 nitrogen and oxygen atoms in total. The van der Waals surface area contributed by atoms with Crippen LogP contribution in [0, 0.1) is 11.6 Å². The lowest BCUT2D eigenvalue weighted by atomic mass is 10.0. The Labute approximate surface area is 216 Å². The van der Waals surface area contributed by atoms with Gasteiger partial charge in [-0.1, -0.05) is 103 Å². The van der Waals surface area contributed by atoms with Gasteiger partial charge in [0.25, 0.3) is 0 Å². The van der Waals surface area contributed by atoms with Gasteiger partial charge in [0.05, 0.1) is 13.2 Å². The maximum atomic E-state index is 15.2. The van der Waals surface area contributed by atoms with Crippen LogP contribution in [0.4, 0.5) is 8.78 Å². The summed E-state index contributed by atoms with van der Waals surface area (Å²) in [7, 11) is 0. The fourth-order valence-corrected chi connectivity index (χ4v) is 4.81. The van der Waals surface area contributed by atoms with Crippen molar-refractivity contribution in [2.24, 2.45) is 0 Å². The molecule has 0 heterocycles. The monoisotopic (exact) mass is 498 g/mol. The summed E-state index contributed by atoms with van der Waals surface area (Å²) in [4.78, 5) is 0. The van der Waals surface area contributed by atoms with E-state index in [1.165, 1.54) is 64.2 Å². The predicted molar refractivity (Wildman–Crippen MR) is 148 cm³/mol. The van der Waals surface area contributed by atoms with Crippen LogP contribution in [0.15, 0.2) is 36.4 Å². The molecule has 4 heteroatoms. The lowest BCUT2D eigenvalue weighted by Gasteiger charge is -2.13. The topological polar surface area (TPSA) is 18.5 Å². The molecule has 0 bridgehead atoms. The highest BCUT2D eigenvalue weighted by atomic mass is 19.1. The van der Waals surface area contributed by atoms with Crippen LogP contribution in [0.5, 0.6) is 11.5 Å². The smallest absolute Gasteiger partial charge is 0.172 e. The van der Waals surface area contributed by atoms with Gasteiger partial charge in [-0.25, -0.2) is 8.78 Å². The maximum absolute atomic E-state index is 15.2. The van der Waals surface area contributed by atoms with E-state index in [2.05, 4.69) is 13.8 Å². The average Bonchev–Trinajstić information content (AvgIpc) is 2.89. The minimum absolute atomic E-state index is 0.267. The van der Waals surface area contributed by atoms with Crippen LogP contribution in [0.3, 0.4) is 0 Å². The first kappa shape index (κ1) is 28.2. The van der Waals surface area contributed by atoms with Crippen LogP contribution < -0.4 is 9.47 Å². The fourth-order valence-electron chi connectivity index (χ4n) is 4.81. The molecule has 0 fully saturated rings. The van der Waals surface area contributed by atoms with E-state index in [-0.39, 0.29) is 23.1 Å². The molecule has 0 amide bonds. The molecular formula is C32H44F2O2. The van der Waals surface area contributed by atoms with Gasteiger partial charge in [-0.15, -0.1) is 0 Å². The zero-order valence-electron chi connectivity index (χ0n) is 22.4. The number of hydrogen-bond donors (Lipinski definition) is 0. The Bertz CT molecular complexity index is 978. The number of ether oxygens (including phenoxy) is 2. The van der Waals surface area contributed by atoms with E-state index >= 15 is 8.78 Å². The number of halogens is 2. The van der Waals surface area contributed by atoms with Crippen molar-refractivity contribution in [2.75, 3.05) is 13.2 Å². The van der Waals surface area contributed by atoms with Crippen LogP contribution >= 0.6 is 0 Å². The Kier molecular flexibility index (Phi) is 12.3. The van der Waals surface area contributed by atoms with E-state index in [4.69, 9.17) is 9.47 Å². The Morgan fingerprint density at radius 2 is 0.778 bits per heavy atom. The van der Waals surface area contributed by atoms with Gasteiger partial charge in [-0.3, -0.25) is 0 Å². The fraction of sp³-hybridized carbons (Fsp3) is 0.562. The molecule has 0 aliphatic rings. The second-order valence-electron chi connectivity index (χ2n) is 9.95. The van der Waals surface area contributed by atoms with E-state index in [0.717, 1.165) is 25.7 Å². The van der Waals surface area contributed by atoms with Crippen molar-refractivity contribution in [3.63, 3.8) is 0 Å². The Morgan fingerprint density at radius 1 is 0.444 bits per heavy atom. The summed E-state index contributed by atoms with van der Waals surface area (Å²) in [5, 5.41) is 2.28. The first-order chi connectivity index (χ1) is 17.7. The van der Waals surface area contributed by atoms with Crippen molar-refractivity contribution in [2.45, 2.75) is 104 Å². The van der Waals surface area contributed by atoms with Gasteiger partial charge < -0.3 is 9.47 Å². The van der Waals surface area contributed by atoms with Crippen LogP contribution in [-0.4, -0.2) is 13.2 Å². The average molecular weight is 499 g/mol. The molecule has 36 heavy (non-hydrogen) atoms. The molecule has 3 rings (SSSR count). The van der Waals surface area contributed by atoms with Gasteiger partial charge >= 0.3 is 0 Å². The highest BCUT2D eigenvalue weighted by Gasteiger charge is 2.15. The molecule has 0 aliphatic heterocycles. The lowest BCUT2D eigenvalue weighted by Crippen LogP contribution is -2.01. The van der Waals surface area contributed by atoms with E-state index < -0.39 is 0 Å². The van der Waals surface area contributed by atoms with Crippen LogP contribution in [0.25, 0.3) is 21.5 Å². The molecule has 198 valence electrons. The Balaban J connectivity index is 1.56. The van der Waals surface area contributed by atoms with E-state index in [1.807, 2.05) is 12.1 Å². The molecule has 0 spiro atoms. The number of benzene rings is 3. The van der Waals surface area contributed by atoms with Gasteiger partial charge in [0.1, 0.15) is 0 Å². The van der Waals surface area contributed by atoms with Gasteiger partial charge in [0.15, 0.2) is 23.1 Å². The largest absolute Gasteiger partial charge is 0.490 e. The molecule has 0 atom stereocenters.